The first-order valence-electron chi connectivity index (χ1n) is 5.05. The summed E-state index contributed by atoms with van der Waals surface area (Å²) in [5.74, 6) is 0.143. The molecule has 0 aromatic carbocycles. The Balaban J connectivity index is 2.77. The highest BCUT2D eigenvalue weighted by atomic mass is 16.5. The lowest BCUT2D eigenvalue weighted by atomic mass is 10.4. The first-order chi connectivity index (χ1) is 7.67. The van der Waals surface area contributed by atoms with Crippen LogP contribution in [0.25, 0.3) is 0 Å². The standard InChI is InChI=1S/C10H16N4O2/c1-7-6-8(12-5-3-4-11)14-9(13-7)10(15)16-2/h6H,3-5,11H2,1-2H3,(H,12,13,14). The van der Waals surface area contributed by atoms with Crippen LogP contribution in [-0.4, -0.2) is 36.1 Å². The van der Waals surface area contributed by atoms with E-state index in [1.165, 1.54) is 7.11 Å². The Kier molecular flexibility index (Phi) is 4.65. The van der Waals surface area contributed by atoms with E-state index in [-0.39, 0.29) is 5.82 Å². The molecule has 0 unspecified atom stereocenters. The molecule has 0 fully saturated rings. The molecule has 0 atom stereocenters. The Labute approximate surface area is 94.2 Å². The molecule has 0 aliphatic heterocycles. The summed E-state index contributed by atoms with van der Waals surface area (Å²) in [5, 5.41) is 3.07. The highest BCUT2D eigenvalue weighted by molar-refractivity contribution is 5.85. The largest absolute Gasteiger partial charge is 0.463 e. The summed E-state index contributed by atoms with van der Waals surface area (Å²) in [6.45, 7) is 3.12. The van der Waals surface area contributed by atoms with Crippen LogP contribution in [0.3, 0.4) is 0 Å². The van der Waals surface area contributed by atoms with E-state index >= 15 is 0 Å². The molecule has 1 aromatic heterocycles. The van der Waals surface area contributed by atoms with Gasteiger partial charge in [-0.05, 0) is 19.9 Å². The van der Waals surface area contributed by atoms with Crippen molar-refractivity contribution in [1.82, 2.24) is 9.97 Å². The maximum atomic E-state index is 11.3. The van der Waals surface area contributed by atoms with Gasteiger partial charge in [0.25, 0.3) is 0 Å². The molecule has 0 radical (unpaired) electrons. The van der Waals surface area contributed by atoms with Crippen molar-refractivity contribution >= 4 is 11.8 Å². The first kappa shape index (κ1) is 12.4. The summed E-state index contributed by atoms with van der Waals surface area (Å²) < 4.78 is 4.56. The number of hydrogen-bond acceptors (Lipinski definition) is 6. The average Bonchev–Trinajstić information content (AvgIpc) is 2.27. The number of nitrogens with zero attached hydrogens (tertiary/aromatic N) is 2. The number of esters is 1. The van der Waals surface area contributed by atoms with E-state index < -0.39 is 5.97 Å². The molecule has 0 bridgehead atoms. The highest BCUT2D eigenvalue weighted by Crippen LogP contribution is 2.06. The van der Waals surface area contributed by atoms with Gasteiger partial charge < -0.3 is 15.8 Å². The number of aryl methyl sites for hydroxylation is 1. The fourth-order valence-corrected chi connectivity index (χ4v) is 1.16. The number of ether oxygens (including phenoxy) is 1. The summed E-state index contributed by atoms with van der Waals surface area (Å²) in [4.78, 5) is 19.3. The second kappa shape index (κ2) is 6.02. The van der Waals surface area contributed by atoms with Crippen LogP contribution in [0.1, 0.15) is 22.7 Å². The third kappa shape index (κ3) is 3.47. The molecule has 88 valence electrons. The van der Waals surface area contributed by atoms with Gasteiger partial charge in [0.1, 0.15) is 5.82 Å². The Hall–Kier alpha value is -1.69. The molecule has 6 heteroatoms. The fraction of sp³-hybridized carbons (Fsp3) is 0.500. The third-order valence-electron chi connectivity index (χ3n) is 1.91. The van der Waals surface area contributed by atoms with Crippen LogP contribution >= 0.6 is 0 Å². The highest BCUT2D eigenvalue weighted by Gasteiger charge is 2.10. The summed E-state index contributed by atoms with van der Waals surface area (Å²) in [6.07, 6.45) is 0.844. The smallest absolute Gasteiger partial charge is 0.376 e. The van der Waals surface area contributed by atoms with E-state index in [4.69, 9.17) is 5.73 Å². The van der Waals surface area contributed by atoms with Crippen molar-refractivity contribution in [3.63, 3.8) is 0 Å². The van der Waals surface area contributed by atoms with Crippen molar-refractivity contribution in [2.45, 2.75) is 13.3 Å². The second-order valence-electron chi connectivity index (χ2n) is 3.28. The zero-order valence-electron chi connectivity index (χ0n) is 9.49. The fourth-order valence-electron chi connectivity index (χ4n) is 1.16. The number of carbonyl (C=O) groups excluding carboxylic acids is 1. The molecule has 3 N–H and O–H groups in total. The Morgan fingerprint density at radius 1 is 1.56 bits per heavy atom. The zero-order valence-corrected chi connectivity index (χ0v) is 9.49. The van der Waals surface area contributed by atoms with Crippen LogP contribution in [-0.2, 0) is 4.74 Å². The maximum Gasteiger partial charge on any atom is 0.376 e. The average molecular weight is 224 g/mol. The molecule has 1 rings (SSSR count). The van der Waals surface area contributed by atoms with E-state index in [1.807, 2.05) is 0 Å². The minimum Gasteiger partial charge on any atom is -0.463 e. The van der Waals surface area contributed by atoms with Gasteiger partial charge in [-0.1, -0.05) is 0 Å². The van der Waals surface area contributed by atoms with Gasteiger partial charge in [-0.25, -0.2) is 14.8 Å². The van der Waals surface area contributed by atoms with Gasteiger partial charge >= 0.3 is 5.97 Å². The lowest BCUT2D eigenvalue weighted by molar-refractivity contribution is 0.0586. The zero-order chi connectivity index (χ0) is 12.0. The van der Waals surface area contributed by atoms with Crippen LogP contribution in [0, 0.1) is 6.92 Å². The number of carbonyl (C=O) groups is 1. The molecular formula is C10H16N4O2. The van der Waals surface area contributed by atoms with Gasteiger partial charge in [-0.3, -0.25) is 0 Å². The van der Waals surface area contributed by atoms with Crippen molar-refractivity contribution in [3.8, 4) is 0 Å². The molecule has 0 spiro atoms. The van der Waals surface area contributed by atoms with Crippen molar-refractivity contribution in [2.24, 2.45) is 5.73 Å². The number of rotatable bonds is 5. The molecule has 1 aromatic rings. The molecule has 0 aliphatic rings. The predicted molar refractivity (Wildman–Crippen MR) is 60.3 cm³/mol. The molecule has 0 saturated heterocycles. The molecule has 16 heavy (non-hydrogen) atoms. The van der Waals surface area contributed by atoms with Gasteiger partial charge in [0.15, 0.2) is 0 Å². The van der Waals surface area contributed by atoms with E-state index in [9.17, 15) is 4.79 Å². The number of nitrogens with one attached hydrogen (secondary N) is 1. The predicted octanol–water partition coefficient (Wildman–Crippen LogP) is 0.332. The maximum absolute atomic E-state index is 11.3. The summed E-state index contributed by atoms with van der Waals surface area (Å²) in [5.41, 5.74) is 6.09. The normalized spacial score (nSPS) is 9.94. The minimum atomic E-state index is -0.537. The second-order valence-corrected chi connectivity index (χ2v) is 3.28. The molecule has 0 saturated carbocycles. The number of methoxy groups -OCH3 is 1. The van der Waals surface area contributed by atoms with Crippen LogP contribution in [0.2, 0.25) is 0 Å². The van der Waals surface area contributed by atoms with Gasteiger partial charge in [-0.2, -0.15) is 0 Å². The number of hydrogen-bond donors (Lipinski definition) is 2. The van der Waals surface area contributed by atoms with E-state index in [2.05, 4.69) is 20.0 Å². The van der Waals surface area contributed by atoms with Crippen molar-refractivity contribution in [3.05, 3.63) is 17.6 Å². The van der Waals surface area contributed by atoms with E-state index in [0.29, 0.717) is 24.6 Å². The Morgan fingerprint density at radius 3 is 2.94 bits per heavy atom. The SMILES string of the molecule is COC(=O)c1nc(C)cc(NCCCN)n1. The minimum absolute atomic E-state index is 0.0674. The number of aromatic nitrogens is 2. The lowest BCUT2D eigenvalue weighted by Crippen LogP contribution is -2.13. The monoisotopic (exact) mass is 224 g/mol. The van der Waals surface area contributed by atoms with Crippen LogP contribution in [0.4, 0.5) is 5.82 Å². The number of anilines is 1. The van der Waals surface area contributed by atoms with Gasteiger partial charge in [0.2, 0.25) is 5.82 Å². The molecule has 0 amide bonds. The first-order valence-corrected chi connectivity index (χ1v) is 5.05. The van der Waals surface area contributed by atoms with E-state index in [0.717, 1.165) is 6.42 Å². The van der Waals surface area contributed by atoms with Gasteiger partial charge in [0.05, 0.1) is 7.11 Å². The van der Waals surface area contributed by atoms with Gasteiger partial charge in [0, 0.05) is 18.3 Å². The summed E-state index contributed by atoms with van der Waals surface area (Å²) >= 11 is 0. The Morgan fingerprint density at radius 2 is 2.31 bits per heavy atom. The van der Waals surface area contributed by atoms with Gasteiger partial charge in [-0.15, -0.1) is 0 Å². The van der Waals surface area contributed by atoms with E-state index in [1.54, 1.807) is 13.0 Å². The topological polar surface area (TPSA) is 90.1 Å². The van der Waals surface area contributed by atoms with Crippen LogP contribution in [0.15, 0.2) is 6.07 Å². The lowest BCUT2D eigenvalue weighted by Gasteiger charge is -2.06. The quantitative estimate of drug-likeness (QED) is 0.553. The van der Waals surface area contributed by atoms with Crippen LogP contribution < -0.4 is 11.1 Å². The van der Waals surface area contributed by atoms with Crippen molar-refractivity contribution in [1.29, 1.82) is 0 Å². The molecular weight excluding hydrogens is 208 g/mol. The van der Waals surface area contributed by atoms with Crippen molar-refractivity contribution < 1.29 is 9.53 Å². The molecule has 0 aliphatic carbocycles. The molecule has 1 heterocycles. The summed E-state index contributed by atoms with van der Waals surface area (Å²) in [6, 6.07) is 1.77. The summed E-state index contributed by atoms with van der Waals surface area (Å²) in [7, 11) is 1.30. The molecule has 6 nitrogen and oxygen atoms in total. The number of nitrogens with two attached hydrogens (primary N) is 1. The van der Waals surface area contributed by atoms with Crippen LogP contribution in [0.5, 0.6) is 0 Å². The van der Waals surface area contributed by atoms with Crippen molar-refractivity contribution in [2.75, 3.05) is 25.5 Å². The Bertz CT molecular complexity index is 368. The third-order valence-corrected chi connectivity index (χ3v) is 1.91.